The fourth-order valence-corrected chi connectivity index (χ4v) is 4.08. The third kappa shape index (κ3) is 7.89. The molecule has 1 aromatic carbocycles. The second kappa shape index (κ2) is 12.7. The van der Waals surface area contributed by atoms with Gasteiger partial charge in [-0.05, 0) is 50.3 Å². The van der Waals surface area contributed by atoms with Crippen LogP contribution in [0.3, 0.4) is 0 Å². The predicted molar refractivity (Wildman–Crippen MR) is 135 cm³/mol. The van der Waals surface area contributed by atoms with E-state index >= 15 is 0 Å². The summed E-state index contributed by atoms with van der Waals surface area (Å²) < 4.78 is 0. The van der Waals surface area contributed by atoms with E-state index in [1.807, 2.05) is 12.1 Å². The highest BCUT2D eigenvalue weighted by Gasteiger charge is 2.39. The van der Waals surface area contributed by atoms with Crippen LogP contribution >= 0.6 is 35.6 Å². The van der Waals surface area contributed by atoms with Crippen molar-refractivity contribution in [1.82, 2.24) is 20.9 Å². The molecular formula is C22H35ClIN5O. The molecule has 168 valence electrons. The molecule has 0 aromatic heterocycles. The van der Waals surface area contributed by atoms with Gasteiger partial charge in [-0.15, -0.1) is 24.0 Å². The zero-order valence-electron chi connectivity index (χ0n) is 18.0. The number of rotatable bonds is 8. The van der Waals surface area contributed by atoms with E-state index < -0.39 is 0 Å². The summed E-state index contributed by atoms with van der Waals surface area (Å²) in [5.41, 5.74) is 1.29. The zero-order chi connectivity index (χ0) is 20.6. The molecule has 2 fully saturated rings. The molecule has 2 unspecified atom stereocenters. The molecule has 1 saturated heterocycles. The molecule has 8 heteroatoms. The molecule has 6 nitrogen and oxygen atoms in total. The number of carbonyl (C=O) groups is 1. The van der Waals surface area contributed by atoms with Gasteiger partial charge in [0.15, 0.2) is 5.96 Å². The third-order valence-corrected chi connectivity index (χ3v) is 5.81. The summed E-state index contributed by atoms with van der Waals surface area (Å²) in [5.74, 6) is 1.54. The van der Waals surface area contributed by atoms with Crippen LogP contribution in [0.15, 0.2) is 29.3 Å². The van der Waals surface area contributed by atoms with Crippen LogP contribution in [0.2, 0.25) is 5.02 Å². The van der Waals surface area contributed by atoms with Crippen LogP contribution in [0, 0.1) is 0 Å². The smallest absolute Gasteiger partial charge is 0.234 e. The minimum Gasteiger partial charge on any atom is -0.355 e. The highest BCUT2D eigenvalue weighted by Crippen LogP contribution is 2.41. The van der Waals surface area contributed by atoms with Crippen LogP contribution < -0.4 is 16.0 Å². The Kier molecular flexibility index (Phi) is 10.7. The number of halogens is 2. The number of guanidine groups is 1. The van der Waals surface area contributed by atoms with Crippen LogP contribution in [0.25, 0.3) is 0 Å². The SMILES string of the molecule is CCCNC(=O)CN1CCC(NC(=NCC)NC2CC2c2cccc(Cl)c2)CC1.I. The maximum atomic E-state index is 11.9. The molecular weight excluding hydrogens is 513 g/mol. The van der Waals surface area contributed by atoms with E-state index in [9.17, 15) is 4.79 Å². The number of aliphatic imine (C=N–C) groups is 1. The van der Waals surface area contributed by atoms with E-state index in [0.717, 1.165) is 62.8 Å². The quantitative estimate of drug-likeness (QED) is 0.265. The lowest BCUT2D eigenvalue weighted by molar-refractivity contribution is -0.122. The van der Waals surface area contributed by atoms with Gasteiger partial charge in [0.2, 0.25) is 5.91 Å². The number of nitrogens with zero attached hydrogens (tertiary/aromatic N) is 2. The Morgan fingerprint density at radius 3 is 2.67 bits per heavy atom. The van der Waals surface area contributed by atoms with E-state index in [1.54, 1.807) is 0 Å². The number of hydrogen-bond donors (Lipinski definition) is 3. The molecule has 0 spiro atoms. The molecule has 2 atom stereocenters. The van der Waals surface area contributed by atoms with E-state index in [1.165, 1.54) is 5.56 Å². The Morgan fingerprint density at radius 1 is 1.23 bits per heavy atom. The Hall–Kier alpha value is -1.06. The van der Waals surface area contributed by atoms with Gasteiger partial charge in [0.05, 0.1) is 6.54 Å². The minimum absolute atomic E-state index is 0. The van der Waals surface area contributed by atoms with Gasteiger partial charge in [-0.3, -0.25) is 14.7 Å². The van der Waals surface area contributed by atoms with Gasteiger partial charge in [0.25, 0.3) is 0 Å². The number of benzene rings is 1. The van der Waals surface area contributed by atoms with Crippen molar-refractivity contribution in [3.05, 3.63) is 34.9 Å². The van der Waals surface area contributed by atoms with Crippen molar-refractivity contribution in [3.8, 4) is 0 Å². The largest absolute Gasteiger partial charge is 0.355 e. The normalized spacial score (nSPS) is 22.2. The lowest BCUT2D eigenvalue weighted by Gasteiger charge is -2.32. The van der Waals surface area contributed by atoms with E-state index in [0.29, 0.717) is 24.5 Å². The third-order valence-electron chi connectivity index (χ3n) is 5.57. The number of amides is 1. The predicted octanol–water partition coefficient (Wildman–Crippen LogP) is 3.36. The first-order valence-electron chi connectivity index (χ1n) is 10.9. The summed E-state index contributed by atoms with van der Waals surface area (Å²) in [4.78, 5) is 18.8. The first-order valence-corrected chi connectivity index (χ1v) is 11.3. The highest BCUT2D eigenvalue weighted by molar-refractivity contribution is 14.0. The number of piperidine rings is 1. The molecule has 1 amide bonds. The Morgan fingerprint density at radius 2 is 2.00 bits per heavy atom. The van der Waals surface area contributed by atoms with Crippen LogP contribution in [-0.2, 0) is 4.79 Å². The number of nitrogens with one attached hydrogen (secondary N) is 3. The van der Waals surface area contributed by atoms with Gasteiger partial charge >= 0.3 is 0 Å². The molecule has 1 aliphatic heterocycles. The van der Waals surface area contributed by atoms with Crippen LogP contribution in [0.5, 0.6) is 0 Å². The molecule has 2 aliphatic rings. The van der Waals surface area contributed by atoms with Gasteiger partial charge in [-0.25, -0.2) is 0 Å². The van der Waals surface area contributed by atoms with Crippen molar-refractivity contribution >= 4 is 47.4 Å². The van der Waals surface area contributed by atoms with Crippen molar-refractivity contribution in [3.63, 3.8) is 0 Å². The summed E-state index contributed by atoms with van der Waals surface area (Å²) in [7, 11) is 0. The fourth-order valence-electron chi connectivity index (χ4n) is 3.88. The molecule has 30 heavy (non-hydrogen) atoms. The van der Waals surface area contributed by atoms with Crippen LogP contribution in [0.1, 0.15) is 51.0 Å². The van der Waals surface area contributed by atoms with Gasteiger partial charge in [-0.2, -0.15) is 0 Å². The zero-order valence-corrected chi connectivity index (χ0v) is 21.1. The summed E-state index contributed by atoms with van der Waals surface area (Å²) >= 11 is 6.13. The lowest BCUT2D eigenvalue weighted by atomic mass is 10.1. The summed E-state index contributed by atoms with van der Waals surface area (Å²) in [6.45, 7) is 8.01. The Labute approximate surface area is 202 Å². The highest BCUT2D eigenvalue weighted by atomic mass is 127. The molecule has 1 aliphatic carbocycles. The fraction of sp³-hybridized carbons (Fsp3) is 0.636. The second-order valence-corrected chi connectivity index (χ2v) is 8.45. The van der Waals surface area contributed by atoms with E-state index in [2.05, 4.69) is 51.8 Å². The van der Waals surface area contributed by atoms with Crippen LogP contribution in [0.4, 0.5) is 0 Å². The standard InChI is InChI=1S/C22H34ClN5O.HI/c1-3-10-25-21(29)15-28-11-8-18(9-12-28)26-22(24-4-2)27-20-14-19(20)16-6-5-7-17(23)13-16;/h5-7,13,18-20H,3-4,8-12,14-15H2,1-2H3,(H,25,29)(H2,24,26,27);1H. The molecule has 1 heterocycles. The monoisotopic (exact) mass is 547 g/mol. The van der Waals surface area contributed by atoms with Gasteiger partial charge in [0.1, 0.15) is 0 Å². The molecule has 1 aromatic rings. The number of likely N-dealkylation sites (tertiary alicyclic amines) is 1. The Balaban J connectivity index is 0.00000320. The van der Waals surface area contributed by atoms with Crippen LogP contribution in [-0.4, -0.2) is 61.6 Å². The number of carbonyl (C=O) groups excluding carboxylic acids is 1. The maximum Gasteiger partial charge on any atom is 0.234 e. The van der Waals surface area contributed by atoms with Crippen molar-refractivity contribution in [2.75, 3.05) is 32.7 Å². The van der Waals surface area contributed by atoms with Gasteiger partial charge < -0.3 is 16.0 Å². The lowest BCUT2D eigenvalue weighted by Crippen LogP contribution is -2.50. The minimum atomic E-state index is 0. The number of hydrogen-bond acceptors (Lipinski definition) is 3. The molecule has 3 rings (SSSR count). The average Bonchev–Trinajstić information content (AvgIpc) is 3.47. The first-order chi connectivity index (χ1) is 14.1. The van der Waals surface area contributed by atoms with Gasteiger partial charge in [-0.1, -0.05) is 30.7 Å². The van der Waals surface area contributed by atoms with Crippen molar-refractivity contribution in [2.45, 2.75) is 57.5 Å². The van der Waals surface area contributed by atoms with E-state index in [4.69, 9.17) is 11.6 Å². The summed E-state index contributed by atoms with van der Waals surface area (Å²) in [6.07, 6.45) is 4.13. The summed E-state index contributed by atoms with van der Waals surface area (Å²) in [5, 5.41) is 10.9. The van der Waals surface area contributed by atoms with E-state index in [-0.39, 0.29) is 29.9 Å². The second-order valence-electron chi connectivity index (χ2n) is 8.02. The van der Waals surface area contributed by atoms with Crippen molar-refractivity contribution in [2.24, 2.45) is 4.99 Å². The molecule has 3 N–H and O–H groups in total. The topological polar surface area (TPSA) is 68.8 Å². The first kappa shape index (κ1) is 25.2. The molecule has 0 bridgehead atoms. The molecule has 0 radical (unpaired) electrons. The molecule has 1 saturated carbocycles. The van der Waals surface area contributed by atoms with Crippen molar-refractivity contribution in [1.29, 1.82) is 0 Å². The average molecular weight is 548 g/mol. The Bertz CT molecular complexity index is 709. The maximum absolute atomic E-state index is 11.9. The van der Waals surface area contributed by atoms with Crippen molar-refractivity contribution < 1.29 is 4.79 Å². The summed E-state index contributed by atoms with van der Waals surface area (Å²) in [6, 6.07) is 8.95. The van der Waals surface area contributed by atoms with Gasteiger partial charge in [0, 0.05) is 49.2 Å².